The van der Waals surface area contributed by atoms with Crippen molar-refractivity contribution < 1.29 is 17.6 Å². The smallest absolute Gasteiger partial charge is 0.268 e. The van der Waals surface area contributed by atoms with Gasteiger partial charge in [0.05, 0.1) is 17.4 Å². The number of nitrogens with one attached hydrogen (secondary N) is 2. The van der Waals surface area contributed by atoms with Crippen molar-refractivity contribution in [1.29, 1.82) is 0 Å². The van der Waals surface area contributed by atoms with E-state index in [0.717, 1.165) is 27.7 Å². The molecule has 4 aromatic rings. The van der Waals surface area contributed by atoms with Gasteiger partial charge >= 0.3 is 0 Å². The maximum absolute atomic E-state index is 14.0. The molecule has 10 nitrogen and oxygen atoms in total. The Hall–Kier alpha value is -3.64. The molecule has 0 saturated carbocycles. The Labute approximate surface area is 201 Å². The second-order valence-corrected chi connectivity index (χ2v) is 10.4. The fraction of sp³-hybridized carbons (Fsp3) is 0.304. The molecule has 2 N–H and O–H groups in total. The molecule has 0 spiro atoms. The molecule has 35 heavy (non-hydrogen) atoms. The number of alkyl halides is 1. The Bertz CT molecular complexity index is 1540. The molecular weight excluding hydrogens is 473 g/mol. The molecule has 0 bridgehead atoms. The lowest BCUT2D eigenvalue weighted by atomic mass is 10.1. The Morgan fingerprint density at radius 1 is 1.29 bits per heavy atom. The molecule has 0 radical (unpaired) electrons. The van der Waals surface area contributed by atoms with Gasteiger partial charge in [-0.05, 0) is 24.6 Å². The zero-order valence-electron chi connectivity index (χ0n) is 19.2. The molecule has 0 saturated heterocycles. The maximum atomic E-state index is 14.0. The number of aromatic nitrogens is 5. The fourth-order valence-electron chi connectivity index (χ4n) is 4.38. The van der Waals surface area contributed by atoms with Crippen LogP contribution in [0.25, 0.3) is 10.9 Å². The third kappa shape index (κ3) is 4.08. The van der Waals surface area contributed by atoms with Gasteiger partial charge in [-0.15, -0.1) is 0 Å². The number of nitrogens with zero attached hydrogens (tertiary/aromatic N) is 5. The molecule has 12 heteroatoms. The molecule has 1 aliphatic rings. The van der Waals surface area contributed by atoms with E-state index in [1.54, 1.807) is 19.3 Å². The minimum atomic E-state index is -4.03. The van der Waals surface area contributed by atoms with E-state index in [9.17, 15) is 17.6 Å². The van der Waals surface area contributed by atoms with Crippen LogP contribution in [-0.4, -0.2) is 49.9 Å². The number of sulfonamides is 1. The number of carbonyl (C=O) groups excluding carboxylic acids is 1. The van der Waals surface area contributed by atoms with Gasteiger partial charge in [-0.1, -0.05) is 12.1 Å². The minimum Gasteiger partial charge on any atom is -0.347 e. The highest BCUT2D eigenvalue weighted by Gasteiger charge is 2.34. The zero-order valence-corrected chi connectivity index (χ0v) is 20.1. The van der Waals surface area contributed by atoms with Crippen LogP contribution in [0.1, 0.15) is 38.8 Å². The molecule has 4 heterocycles. The summed E-state index contributed by atoms with van der Waals surface area (Å²) in [5.41, 5.74) is 3.24. The quantitative estimate of drug-likeness (QED) is 0.420. The monoisotopic (exact) mass is 497 g/mol. The third-order valence-electron chi connectivity index (χ3n) is 6.34. The van der Waals surface area contributed by atoms with Crippen molar-refractivity contribution in [2.75, 3.05) is 6.54 Å². The van der Waals surface area contributed by atoms with Crippen LogP contribution in [0.3, 0.4) is 0 Å². The molecule has 0 aliphatic carbocycles. The number of rotatable bonds is 6. The number of hydrogen-bond donors (Lipinski definition) is 2. The molecule has 3 aromatic heterocycles. The van der Waals surface area contributed by atoms with Crippen molar-refractivity contribution in [2.45, 2.75) is 38.0 Å². The molecule has 1 amide bonds. The van der Waals surface area contributed by atoms with Crippen LogP contribution in [0.5, 0.6) is 0 Å². The summed E-state index contributed by atoms with van der Waals surface area (Å²) in [7, 11) is -2.54. The van der Waals surface area contributed by atoms with Crippen LogP contribution in [0.15, 0.2) is 41.6 Å². The molecule has 0 unspecified atom stereocenters. The number of benzene rings is 1. The molecule has 1 aromatic carbocycles. The largest absolute Gasteiger partial charge is 0.347 e. The number of amides is 1. The van der Waals surface area contributed by atoms with Gasteiger partial charge in [-0.25, -0.2) is 22.8 Å². The van der Waals surface area contributed by atoms with Crippen molar-refractivity contribution in [2.24, 2.45) is 7.05 Å². The number of aromatic amines is 1. The van der Waals surface area contributed by atoms with E-state index < -0.39 is 22.6 Å². The molecule has 182 valence electrons. The summed E-state index contributed by atoms with van der Waals surface area (Å²) in [6.07, 6.45) is 3.78. The van der Waals surface area contributed by atoms with Crippen LogP contribution in [0, 0.1) is 6.92 Å². The van der Waals surface area contributed by atoms with Crippen molar-refractivity contribution in [3.8, 4) is 0 Å². The van der Waals surface area contributed by atoms with Gasteiger partial charge in [0.1, 0.15) is 23.1 Å². The van der Waals surface area contributed by atoms with Gasteiger partial charge in [0, 0.05) is 55.9 Å². The summed E-state index contributed by atoms with van der Waals surface area (Å²) in [5.74, 6) is 0.136. The number of hydrogen-bond acceptors (Lipinski definition) is 6. The molecule has 1 aliphatic heterocycles. The van der Waals surface area contributed by atoms with Gasteiger partial charge in [-0.3, -0.25) is 9.89 Å². The van der Waals surface area contributed by atoms with Crippen molar-refractivity contribution in [3.05, 3.63) is 70.7 Å². The Morgan fingerprint density at radius 2 is 2.11 bits per heavy atom. The number of halogens is 1. The van der Waals surface area contributed by atoms with Crippen molar-refractivity contribution in [3.63, 3.8) is 0 Å². The SMILES string of the molecule is Cc1ncc2c(CNC(=O)c3cc(S(=O)(=O)N4CCc5[nH]ncc5C4)c(CF)n3C)cccc2n1. The van der Waals surface area contributed by atoms with Crippen LogP contribution in [-0.2, 0) is 43.3 Å². The van der Waals surface area contributed by atoms with E-state index in [0.29, 0.717) is 12.2 Å². The van der Waals surface area contributed by atoms with Gasteiger partial charge < -0.3 is 9.88 Å². The number of aryl methyl sites for hydroxylation is 1. The highest BCUT2D eigenvalue weighted by molar-refractivity contribution is 7.89. The van der Waals surface area contributed by atoms with Crippen LogP contribution in [0.2, 0.25) is 0 Å². The van der Waals surface area contributed by atoms with Gasteiger partial charge in [0.25, 0.3) is 5.91 Å². The summed E-state index contributed by atoms with van der Waals surface area (Å²) >= 11 is 0. The fourth-order valence-corrected chi connectivity index (χ4v) is 6.05. The third-order valence-corrected chi connectivity index (χ3v) is 8.24. The molecule has 0 atom stereocenters. The van der Waals surface area contributed by atoms with E-state index in [1.165, 1.54) is 22.0 Å². The Kier molecular flexibility index (Phi) is 5.85. The second-order valence-electron chi connectivity index (χ2n) is 8.45. The van der Waals surface area contributed by atoms with Crippen LogP contribution >= 0.6 is 0 Å². The predicted molar refractivity (Wildman–Crippen MR) is 126 cm³/mol. The van der Waals surface area contributed by atoms with E-state index in [-0.39, 0.29) is 35.9 Å². The average Bonchev–Trinajstić information content (AvgIpc) is 3.46. The first-order valence-corrected chi connectivity index (χ1v) is 12.5. The first kappa shape index (κ1) is 23.1. The van der Waals surface area contributed by atoms with Gasteiger partial charge in [0.15, 0.2) is 0 Å². The van der Waals surface area contributed by atoms with Gasteiger partial charge in [0.2, 0.25) is 10.0 Å². The number of carbonyl (C=O) groups is 1. The number of H-pyrrole nitrogens is 1. The molecule has 0 fully saturated rings. The highest BCUT2D eigenvalue weighted by atomic mass is 32.2. The first-order chi connectivity index (χ1) is 16.8. The maximum Gasteiger partial charge on any atom is 0.268 e. The van der Waals surface area contributed by atoms with E-state index in [1.807, 2.05) is 18.2 Å². The number of fused-ring (bicyclic) bond motifs is 2. The Morgan fingerprint density at radius 3 is 2.91 bits per heavy atom. The lowest BCUT2D eigenvalue weighted by molar-refractivity contribution is 0.0942. The Balaban J connectivity index is 1.41. The molecule has 5 rings (SSSR count). The molecular formula is C23H24FN7O3S. The van der Waals surface area contributed by atoms with Gasteiger partial charge in [-0.2, -0.15) is 9.40 Å². The second kappa shape index (κ2) is 8.86. The highest BCUT2D eigenvalue weighted by Crippen LogP contribution is 2.28. The van der Waals surface area contributed by atoms with E-state index in [4.69, 9.17) is 0 Å². The van der Waals surface area contributed by atoms with Crippen LogP contribution in [0.4, 0.5) is 4.39 Å². The summed E-state index contributed by atoms with van der Waals surface area (Å²) in [6.45, 7) is 1.33. The van der Waals surface area contributed by atoms with Crippen LogP contribution < -0.4 is 5.32 Å². The summed E-state index contributed by atoms with van der Waals surface area (Å²) < 4.78 is 43.4. The standard InChI is InChI=1S/C23H24FN7O3S/c1-14-25-12-17-15(4-3-5-19(17)28-14)10-26-23(32)20-8-22(21(9-24)30(20)2)35(33,34)31-7-6-18-16(13-31)11-27-29-18/h3-5,8,11-12H,6-7,9-10,13H2,1-2H3,(H,26,32)(H,27,29). The minimum absolute atomic E-state index is 0.0598. The normalized spacial score (nSPS) is 14.3. The van der Waals surface area contributed by atoms with E-state index in [2.05, 4.69) is 25.5 Å². The summed E-state index contributed by atoms with van der Waals surface area (Å²) in [6, 6.07) is 6.81. The average molecular weight is 498 g/mol. The first-order valence-electron chi connectivity index (χ1n) is 11.0. The lowest BCUT2D eigenvalue weighted by Gasteiger charge is -2.25. The van der Waals surface area contributed by atoms with E-state index >= 15 is 0 Å². The zero-order chi connectivity index (χ0) is 24.7. The summed E-state index contributed by atoms with van der Waals surface area (Å²) in [5, 5.41) is 10.4. The topological polar surface area (TPSA) is 126 Å². The van der Waals surface area contributed by atoms with Crippen molar-refractivity contribution >= 4 is 26.8 Å². The lowest BCUT2D eigenvalue weighted by Crippen LogP contribution is -2.36. The summed E-state index contributed by atoms with van der Waals surface area (Å²) in [4.78, 5) is 21.5. The predicted octanol–water partition coefficient (Wildman–Crippen LogP) is 2.15. The van der Waals surface area contributed by atoms with Crippen molar-refractivity contribution in [1.82, 2.24) is 34.4 Å².